The van der Waals surface area contributed by atoms with Crippen LogP contribution in [0.1, 0.15) is 22.8 Å². The van der Waals surface area contributed by atoms with Crippen molar-refractivity contribution >= 4 is 11.9 Å². The lowest BCUT2D eigenvalue weighted by Crippen LogP contribution is -2.33. The van der Waals surface area contributed by atoms with Gasteiger partial charge in [0, 0.05) is 5.56 Å². The van der Waals surface area contributed by atoms with E-state index in [0.717, 1.165) is 11.3 Å². The third kappa shape index (κ3) is 6.18. The molecule has 6 nitrogen and oxygen atoms in total. The van der Waals surface area contributed by atoms with Gasteiger partial charge in [-0.15, -0.1) is 0 Å². The van der Waals surface area contributed by atoms with Gasteiger partial charge in [-0.05, 0) is 44.2 Å². The Morgan fingerprint density at radius 2 is 1.84 bits per heavy atom. The molecular formula is C19H21NO5. The monoisotopic (exact) mass is 343 g/mol. The lowest BCUT2D eigenvalue weighted by molar-refractivity contribution is -0.139. The van der Waals surface area contributed by atoms with Crippen LogP contribution in [0.25, 0.3) is 0 Å². The Morgan fingerprint density at radius 1 is 1.12 bits per heavy atom. The summed E-state index contributed by atoms with van der Waals surface area (Å²) in [5.41, 5.74) is 1.55. The van der Waals surface area contributed by atoms with Crippen molar-refractivity contribution in [2.45, 2.75) is 20.0 Å². The molecule has 0 radical (unpaired) electrons. The van der Waals surface area contributed by atoms with Crippen LogP contribution in [0, 0.1) is 6.92 Å². The number of ether oxygens (including phenoxy) is 2. The van der Waals surface area contributed by atoms with Gasteiger partial charge in [0.2, 0.25) is 0 Å². The van der Waals surface area contributed by atoms with Gasteiger partial charge < -0.3 is 19.9 Å². The van der Waals surface area contributed by atoms with E-state index in [4.69, 9.17) is 14.6 Å². The van der Waals surface area contributed by atoms with Crippen molar-refractivity contribution in [1.29, 1.82) is 0 Å². The minimum Gasteiger partial charge on any atom is -0.489 e. The normalized spacial score (nSPS) is 11.4. The van der Waals surface area contributed by atoms with Crippen LogP contribution in [-0.4, -0.2) is 36.2 Å². The van der Waals surface area contributed by atoms with Crippen molar-refractivity contribution in [3.63, 3.8) is 0 Å². The summed E-state index contributed by atoms with van der Waals surface area (Å²) < 4.78 is 10.8. The molecule has 6 heteroatoms. The van der Waals surface area contributed by atoms with E-state index < -0.39 is 12.6 Å². The van der Waals surface area contributed by atoms with Crippen LogP contribution in [0.15, 0.2) is 48.5 Å². The van der Waals surface area contributed by atoms with E-state index in [-0.39, 0.29) is 12.0 Å². The summed E-state index contributed by atoms with van der Waals surface area (Å²) in [6.07, 6.45) is -0.196. The molecule has 1 atom stereocenters. The number of hydrogen-bond acceptors (Lipinski definition) is 4. The zero-order chi connectivity index (χ0) is 18.2. The van der Waals surface area contributed by atoms with Crippen molar-refractivity contribution < 1.29 is 24.2 Å². The second-order valence-corrected chi connectivity index (χ2v) is 5.66. The highest BCUT2D eigenvalue weighted by Crippen LogP contribution is 2.14. The van der Waals surface area contributed by atoms with E-state index in [2.05, 4.69) is 5.32 Å². The molecule has 0 aliphatic heterocycles. The number of amides is 1. The molecule has 2 aromatic rings. The fourth-order valence-electron chi connectivity index (χ4n) is 2.10. The molecule has 0 saturated carbocycles. The van der Waals surface area contributed by atoms with Crippen LogP contribution in [0.5, 0.6) is 11.5 Å². The maximum Gasteiger partial charge on any atom is 0.341 e. The molecule has 1 unspecified atom stereocenters. The Morgan fingerprint density at radius 3 is 2.52 bits per heavy atom. The summed E-state index contributed by atoms with van der Waals surface area (Å²) in [4.78, 5) is 22.7. The van der Waals surface area contributed by atoms with Crippen LogP contribution in [0.3, 0.4) is 0 Å². The standard InChI is InChI=1S/C19H21NO5/c1-13-6-8-16(9-7-13)25-14(2)11-20-19(23)15-4-3-5-17(10-15)24-12-18(21)22/h3-10,14H,11-12H2,1-2H3,(H,20,23)(H,21,22). The number of benzene rings is 2. The number of carboxylic acid groups (broad SMARTS) is 1. The van der Waals surface area contributed by atoms with E-state index in [9.17, 15) is 9.59 Å². The molecule has 0 aliphatic carbocycles. The fourth-order valence-corrected chi connectivity index (χ4v) is 2.10. The molecule has 2 N–H and O–H groups in total. The Hall–Kier alpha value is -3.02. The van der Waals surface area contributed by atoms with Gasteiger partial charge in [0.1, 0.15) is 17.6 Å². The van der Waals surface area contributed by atoms with E-state index in [0.29, 0.717) is 17.9 Å². The highest BCUT2D eigenvalue weighted by Gasteiger charge is 2.10. The largest absolute Gasteiger partial charge is 0.489 e. The molecule has 0 aliphatic rings. The van der Waals surface area contributed by atoms with Crippen LogP contribution in [-0.2, 0) is 4.79 Å². The van der Waals surface area contributed by atoms with Crippen LogP contribution in [0.2, 0.25) is 0 Å². The fraction of sp³-hybridized carbons (Fsp3) is 0.263. The quantitative estimate of drug-likeness (QED) is 0.770. The van der Waals surface area contributed by atoms with Crippen LogP contribution < -0.4 is 14.8 Å². The van der Waals surface area contributed by atoms with Gasteiger partial charge in [0.15, 0.2) is 6.61 Å². The lowest BCUT2D eigenvalue weighted by atomic mass is 10.2. The third-order valence-corrected chi connectivity index (χ3v) is 3.37. The van der Waals surface area contributed by atoms with E-state index in [1.807, 2.05) is 38.1 Å². The Bertz CT molecular complexity index is 727. The second-order valence-electron chi connectivity index (χ2n) is 5.66. The Labute approximate surface area is 146 Å². The molecule has 2 aromatic carbocycles. The highest BCUT2D eigenvalue weighted by atomic mass is 16.5. The maximum atomic E-state index is 12.2. The van der Waals surface area contributed by atoms with Gasteiger partial charge in [-0.1, -0.05) is 23.8 Å². The maximum absolute atomic E-state index is 12.2. The Kier molecular flexibility index (Phi) is 6.39. The first kappa shape index (κ1) is 18.3. The molecule has 0 heterocycles. The van der Waals surface area contributed by atoms with Gasteiger partial charge in [-0.2, -0.15) is 0 Å². The highest BCUT2D eigenvalue weighted by molar-refractivity contribution is 5.94. The molecule has 2 rings (SSSR count). The first-order valence-electron chi connectivity index (χ1n) is 7.90. The van der Waals surface area contributed by atoms with Gasteiger partial charge in [-0.3, -0.25) is 4.79 Å². The molecular weight excluding hydrogens is 322 g/mol. The van der Waals surface area contributed by atoms with E-state index in [1.165, 1.54) is 6.07 Å². The molecule has 0 spiro atoms. The first-order chi connectivity index (χ1) is 11.9. The summed E-state index contributed by atoms with van der Waals surface area (Å²) in [5, 5.41) is 11.4. The lowest BCUT2D eigenvalue weighted by Gasteiger charge is -2.16. The zero-order valence-corrected chi connectivity index (χ0v) is 14.2. The average molecular weight is 343 g/mol. The molecule has 25 heavy (non-hydrogen) atoms. The number of carbonyl (C=O) groups is 2. The molecule has 1 amide bonds. The van der Waals surface area contributed by atoms with Crippen molar-refractivity contribution in [2.24, 2.45) is 0 Å². The summed E-state index contributed by atoms with van der Waals surface area (Å²) in [6.45, 7) is 3.76. The number of carboxylic acids is 1. The summed E-state index contributed by atoms with van der Waals surface area (Å²) >= 11 is 0. The zero-order valence-electron chi connectivity index (χ0n) is 14.2. The first-order valence-corrected chi connectivity index (χ1v) is 7.90. The molecule has 0 bridgehead atoms. The average Bonchev–Trinajstić information content (AvgIpc) is 2.60. The minimum absolute atomic E-state index is 0.196. The summed E-state index contributed by atoms with van der Waals surface area (Å²) in [5.74, 6) is -0.271. The van der Waals surface area contributed by atoms with Gasteiger partial charge >= 0.3 is 5.97 Å². The van der Waals surface area contributed by atoms with Crippen molar-refractivity contribution in [1.82, 2.24) is 5.32 Å². The predicted octanol–water partition coefficient (Wildman–Crippen LogP) is 2.66. The molecule has 132 valence electrons. The minimum atomic E-state index is -1.07. The molecule has 0 aromatic heterocycles. The number of hydrogen-bond donors (Lipinski definition) is 2. The molecule has 0 fully saturated rings. The predicted molar refractivity (Wildman–Crippen MR) is 93.2 cm³/mol. The topological polar surface area (TPSA) is 84.9 Å². The van der Waals surface area contributed by atoms with Crippen LogP contribution in [0.4, 0.5) is 0 Å². The van der Waals surface area contributed by atoms with Gasteiger partial charge in [0.25, 0.3) is 5.91 Å². The van der Waals surface area contributed by atoms with Gasteiger partial charge in [-0.25, -0.2) is 4.79 Å². The van der Waals surface area contributed by atoms with Crippen molar-refractivity contribution in [3.05, 3.63) is 59.7 Å². The summed E-state index contributed by atoms with van der Waals surface area (Å²) in [7, 11) is 0. The van der Waals surface area contributed by atoms with Crippen LogP contribution >= 0.6 is 0 Å². The number of rotatable bonds is 8. The van der Waals surface area contributed by atoms with Crippen molar-refractivity contribution in [2.75, 3.05) is 13.2 Å². The smallest absolute Gasteiger partial charge is 0.341 e. The Balaban J connectivity index is 1.85. The summed E-state index contributed by atoms with van der Waals surface area (Å²) in [6, 6.07) is 14.1. The van der Waals surface area contributed by atoms with E-state index >= 15 is 0 Å². The number of nitrogens with one attached hydrogen (secondary N) is 1. The SMILES string of the molecule is Cc1ccc(OC(C)CNC(=O)c2cccc(OCC(=O)O)c2)cc1. The molecule has 0 saturated heterocycles. The second kappa shape index (κ2) is 8.73. The third-order valence-electron chi connectivity index (χ3n) is 3.37. The number of carbonyl (C=O) groups excluding carboxylic acids is 1. The number of aryl methyl sites for hydroxylation is 1. The van der Waals surface area contributed by atoms with Crippen molar-refractivity contribution in [3.8, 4) is 11.5 Å². The number of aliphatic carboxylic acids is 1. The van der Waals surface area contributed by atoms with E-state index in [1.54, 1.807) is 18.2 Å². The van der Waals surface area contributed by atoms with Gasteiger partial charge in [0.05, 0.1) is 6.54 Å².